The van der Waals surface area contributed by atoms with Crippen LogP contribution in [0.3, 0.4) is 0 Å². The van der Waals surface area contributed by atoms with E-state index >= 15 is 0 Å². The van der Waals surface area contributed by atoms with E-state index in [9.17, 15) is 0 Å². The summed E-state index contributed by atoms with van der Waals surface area (Å²) < 4.78 is 0. The molecule has 2 N–H and O–H groups in total. The largest absolute Gasteiger partial charge is 0.491 e. The summed E-state index contributed by atoms with van der Waals surface area (Å²) in [5.41, 5.74) is 1.40. The maximum absolute atomic E-state index is 8.96. The van der Waals surface area contributed by atoms with Crippen LogP contribution in [0.4, 0.5) is 0 Å². The molecule has 64 valence electrons. The molecule has 3 nitrogen and oxygen atoms in total. The zero-order valence-corrected chi connectivity index (χ0v) is 7.80. The van der Waals surface area contributed by atoms with Crippen molar-refractivity contribution in [2.45, 2.75) is 11.9 Å². The molecular weight excluding hydrogens is 173 g/mol. The van der Waals surface area contributed by atoms with Crippen LogP contribution in [0, 0.1) is 6.92 Å². The molecule has 0 saturated carbocycles. The van der Waals surface area contributed by atoms with Gasteiger partial charge in [-0.1, -0.05) is 6.07 Å². The van der Waals surface area contributed by atoms with E-state index in [1.165, 1.54) is 11.8 Å². The Labute approximate surface area is 76.0 Å². The number of aromatic nitrogens is 1. The predicted molar refractivity (Wildman–Crippen MR) is 50.6 cm³/mol. The number of thioether (sulfide) groups is 1. The van der Waals surface area contributed by atoms with Crippen LogP contribution < -0.4 is 5.46 Å². The van der Waals surface area contributed by atoms with Crippen molar-refractivity contribution in [2.24, 2.45) is 0 Å². The third-order valence-corrected chi connectivity index (χ3v) is 2.21. The highest BCUT2D eigenvalue weighted by Gasteiger charge is 2.16. The third-order valence-electron chi connectivity index (χ3n) is 1.49. The molecule has 1 aromatic heterocycles. The standard InChI is InChI=1S/C7H10BNO2S/c1-5-3-6(8(10)11)7(12-2)9-4-5/h3-4,10-11H,1-2H3. The number of pyridine rings is 1. The lowest BCUT2D eigenvalue weighted by Gasteiger charge is -2.05. The van der Waals surface area contributed by atoms with Crippen molar-refractivity contribution >= 4 is 24.3 Å². The minimum atomic E-state index is -1.43. The molecule has 0 unspecified atom stereocenters. The molecule has 1 heterocycles. The molecule has 0 radical (unpaired) electrons. The van der Waals surface area contributed by atoms with Crippen LogP contribution in [0.5, 0.6) is 0 Å². The van der Waals surface area contributed by atoms with Gasteiger partial charge in [-0.15, -0.1) is 11.8 Å². The highest BCUT2D eigenvalue weighted by atomic mass is 32.2. The average molecular weight is 183 g/mol. The summed E-state index contributed by atoms with van der Waals surface area (Å²) in [6.07, 6.45) is 3.56. The van der Waals surface area contributed by atoms with Gasteiger partial charge in [-0.3, -0.25) is 4.98 Å². The molecule has 0 aliphatic carbocycles. The maximum Gasteiger partial charge on any atom is 0.491 e. The normalized spacial score (nSPS) is 10.0. The molecular formula is C7H10BNO2S. The fourth-order valence-corrected chi connectivity index (χ4v) is 1.49. The summed E-state index contributed by atoms with van der Waals surface area (Å²) in [4.78, 5) is 4.06. The Morgan fingerprint density at radius 1 is 1.50 bits per heavy atom. The third kappa shape index (κ3) is 2.00. The summed E-state index contributed by atoms with van der Waals surface area (Å²) in [5, 5.41) is 18.6. The van der Waals surface area contributed by atoms with Crippen molar-refractivity contribution < 1.29 is 10.0 Å². The average Bonchev–Trinajstić information content (AvgIpc) is 2.04. The fourth-order valence-electron chi connectivity index (χ4n) is 0.935. The van der Waals surface area contributed by atoms with Gasteiger partial charge in [0.1, 0.15) is 0 Å². The number of nitrogens with zero attached hydrogens (tertiary/aromatic N) is 1. The highest BCUT2D eigenvalue weighted by molar-refractivity contribution is 7.98. The molecule has 0 aliphatic rings. The molecule has 0 aromatic carbocycles. The molecule has 12 heavy (non-hydrogen) atoms. The molecule has 0 fully saturated rings. The van der Waals surface area contributed by atoms with Gasteiger partial charge >= 0.3 is 7.12 Å². The van der Waals surface area contributed by atoms with Crippen molar-refractivity contribution in [1.82, 2.24) is 4.98 Å². The van der Waals surface area contributed by atoms with Crippen molar-refractivity contribution in [3.05, 3.63) is 17.8 Å². The lowest BCUT2D eigenvalue weighted by Crippen LogP contribution is -2.32. The highest BCUT2D eigenvalue weighted by Crippen LogP contribution is 2.08. The Kier molecular flexibility index (Phi) is 3.14. The van der Waals surface area contributed by atoms with E-state index in [1.54, 1.807) is 12.3 Å². The van der Waals surface area contributed by atoms with Crippen molar-refractivity contribution in [1.29, 1.82) is 0 Å². The van der Waals surface area contributed by atoms with E-state index < -0.39 is 7.12 Å². The van der Waals surface area contributed by atoms with Gasteiger partial charge in [-0.2, -0.15) is 0 Å². The number of rotatable bonds is 2. The van der Waals surface area contributed by atoms with Gasteiger partial charge in [0.15, 0.2) is 0 Å². The number of aryl methyl sites for hydroxylation is 1. The first-order valence-electron chi connectivity index (χ1n) is 3.52. The van der Waals surface area contributed by atoms with Gasteiger partial charge in [0.25, 0.3) is 0 Å². The van der Waals surface area contributed by atoms with Crippen LogP contribution in [0.1, 0.15) is 5.56 Å². The Morgan fingerprint density at radius 2 is 2.17 bits per heavy atom. The first-order valence-corrected chi connectivity index (χ1v) is 4.74. The molecule has 1 aromatic rings. The first-order chi connectivity index (χ1) is 5.65. The van der Waals surface area contributed by atoms with Crippen molar-refractivity contribution in [3.8, 4) is 0 Å². The van der Waals surface area contributed by atoms with Crippen molar-refractivity contribution in [3.63, 3.8) is 0 Å². The van der Waals surface area contributed by atoms with E-state index in [2.05, 4.69) is 4.98 Å². The Balaban J connectivity index is 3.12. The topological polar surface area (TPSA) is 53.4 Å². The second-order valence-electron chi connectivity index (χ2n) is 2.48. The summed E-state index contributed by atoms with van der Waals surface area (Å²) in [7, 11) is -1.43. The van der Waals surface area contributed by atoms with E-state index in [0.717, 1.165) is 5.56 Å². The molecule has 5 heteroatoms. The predicted octanol–water partition coefficient (Wildman–Crippen LogP) is -0.208. The quantitative estimate of drug-likeness (QED) is 0.492. The fraction of sp³-hybridized carbons (Fsp3) is 0.286. The van der Waals surface area contributed by atoms with E-state index in [4.69, 9.17) is 10.0 Å². The SMILES string of the molecule is CSc1ncc(C)cc1B(O)O. The molecule has 0 spiro atoms. The lowest BCUT2D eigenvalue weighted by molar-refractivity contribution is 0.424. The Bertz CT molecular complexity index is 280. The summed E-state index contributed by atoms with van der Waals surface area (Å²) in [6, 6.07) is 1.73. The van der Waals surface area contributed by atoms with Crippen LogP contribution in [-0.2, 0) is 0 Å². The van der Waals surface area contributed by atoms with Gasteiger partial charge in [0.05, 0.1) is 5.03 Å². The van der Waals surface area contributed by atoms with Gasteiger partial charge < -0.3 is 10.0 Å². The second kappa shape index (κ2) is 3.93. The number of hydrogen-bond donors (Lipinski definition) is 2. The van der Waals surface area contributed by atoms with Gasteiger partial charge in [0.2, 0.25) is 0 Å². The van der Waals surface area contributed by atoms with Gasteiger partial charge in [-0.05, 0) is 18.7 Å². The molecule has 1 rings (SSSR count). The minimum absolute atomic E-state index is 0.475. The monoisotopic (exact) mass is 183 g/mol. The van der Waals surface area contributed by atoms with Crippen LogP contribution in [-0.4, -0.2) is 28.4 Å². The van der Waals surface area contributed by atoms with Crippen LogP contribution >= 0.6 is 11.8 Å². The van der Waals surface area contributed by atoms with Crippen LogP contribution in [0.15, 0.2) is 17.3 Å². The lowest BCUT2D eigenvalue weighted by atomic mass is 9.81. The molecule has 0 bridgehead atoms. The first kappa shape index (κ1) is 9.57. The van der Waals surface area contributed by atoms with Gasteiger partial charge in [-0.25, -0.2) is 0 Å². The van der Waals surface area contributed by atoms with Crippen LogP contribution in [0.2, 0.25) is 0 Å². The van der Waals surface area contributed by atoms with Crippen LogP contribution in [0.25, 0.3) is 0 Å². The van der Waals surface area contributed by atoms with E-state index in [1.807, 2.05) is 13.2 Å². The Hall–Kier alpha value is -0.515. The van der Waals surface area contributed by atoms with E-state index in [-0.39, 0.29) is 0 Å². The number of hydrogen-bond acceptors (Lipinski definition) is 4. The summed E-state index contributed by atoms with van der Waals surface area (Å²) in [5.74, 6) is 0. The molecule has 0 atom stereocenters. The second-order valence-corrected chi connectivity index (χ2v) is 3.28. The van der Waals surface area contributed by atoms with Crippen molar-refractivity contribution in [2.75, 3.05) is 6.26 Å². The van der Waals surface area contributed by atoms with Gasteiger partial charge in [0, 0.05) is 11.7 Å². The zero-order valence-electron chi connectivity index (χ0n) is 6.98. The molecule has 0 aliphatic heterocycles. The summed E-state index contributed by atoms with van der Waals surface area (Å²) >= 11 is 1.40. The summed E-state index contributed by atoms with van der Waals surface area (Å²) in [6.45, 7) is 1.86. The maximum atomic E-state index is 8.96. The molecule has 0 saturated heterocycles. The van der Waals surface area contributed by atoms with E-state index in [0.29, 0.717) is 10.5 Å². The Morgan fingerprint density at radius 3 is 2.67 bits per heavy atom. The molecule has 0 amide bonds. The minimum Gasteiger partial charge on any atom is -0.423 e. The smallest absolute Gasteiger partial charge is 0.423 e. The zero-order chi connectivity index (χ0) is 9.14.